The van der Waals surface area contributed by atoms with Crippen LogP contribution in [-0.4, -0.2) is 23.8 Å². The molecule has 5 aromatic carbocycles. The van der Waals surface area contributed by atoms with Crippen LogP contribution in [0.4, 0.5) is 0 Å². The molecule has 0 spiro atoms. The summed E-state index contributed by atoms with van der Waals surface area (Å²) in [7, 11) is 1.62. The molecule has 6 rings (SSSR count). The first-order chi connectivity index (χ1) is 21.3. The van der Waals surface area contributed by atoms with E-state index in [4.69, 9.17) is 0 Å². The summed E-state index contributed by atoms with van der Waals surface area (Å²) in [5.41, 5.74) is 12.2. The van der Waals surface area contributed by atoms with Gasteiger partial charge in [0.05, 0.1) is 11.1 Å². The number of carbonyl (C=O) groups is 2. The maximum Gasteiger partial charge on any atom is 0.261 e. The van der Waals surface area contributed by atoms with Crippen molar-refractivity contribution in [2.45, 2.75) is 107 Å². The zero-order valence-electron chi connectivity index (χ0n) is 28.2. The number of rotatable bonds is 8. The number of amides is 2. The Morgan fingerprint density at radius 2 is 0.591 bits per heavy atom. The third-order valence-corrected chi connectivity index (χ3v) is 10.7. The molecular weight excluding hydrogens is 538 g/mol. The van der Waals surface area contributed by atoms with Crippen molar-refractivity contribution < 1.29 is 9.59 Å². The lowest BCUT2D eigenvalue weighted by atomic mass is 9.80. The van der Waals surface area contributed by atoms with Crippen molar-refractivity contribution in [3.8, 4) is 0 Å². The van der Waals surface area contributed by atoms with E-state index < -0.39 is 0 Å². The highest BCUT2D eigenvalue weighted by molar-refractivity contribution is 6.26. The van der Waals surface area contributed by atoms with Crippen LogP contribution in [0.1, 0.15) is 121 Å². The summed E-state index contributed by atoms with van der Waals surface area (Å²) in [6.45, 7) is 18.0. The van der Waals surface area contributed by atoms with Gasteiger partial charge in [-0.1, -0.05) is 55.4 Å². The van der Waals surface area contributed by atoms with Gasteiger partial charge in [-0.15, -0.1) is 0 Å². The summed E-state index contributed by atoms with van der Waals surface area (Å²) in [5, 5.41) is 10.4. The third kappa shape index (κ3) is 3.93. The minimum absolute atomic E-state index is 0.162. The molecule has 0 aromatic heterocycles. The molecule has 0 radical (unpaired) electrons. The fourth-order valence-corrected chi connectivity index (χ4v) is 8.80. The van der Waals surface area contributed by atoms with Crippen LogP contribution in [0.25, 0.3) is 43.1 Å². The zero-order chi connectivity index (χ0) is 31.6. The number of nitrogens with zero attached hydrogens (tertiary/aromatic N) is 1. The minimum atomic E-state index is -0.162. The molecule has 0 unspecified atom stereocenters. The molecule has 0 saturated carbocycles. The minimum Gasteiger partial charge on any atom is -0.277 e. The van der Waals surface area contributed by atoms with Gasteiger partial charge in [0, 0.05) is 7.05 Å². The van der Waals surface area contributed by atoms with Gasteiger partial charge in [-0.05, 0) is 163 Å². The van der Waals surface area contributed by atoms with Crippen molar-refractivity contribution in [2.24, 2.45) is 0 Å². The lowest BCUT2D eigenvalue weighted by Gasteiger charge is -2.23. The first-order valence-electron chi connectivity index (χ1n) is 17.1. The van der Waals surface area contributed by atoms with Crippen LogP contribution in [0.5, 0.6) is 0 Å². The van der Waals surface area contributed by atoms with Gasteiger partial charge in [0.2, 0.25) is 0 Å². The van der Waals surface area contributed by atoms with Crippen LogP contribution < -0.4 is 0 Å². The van der Waals surface area contributed by atoms with Gasteiger partial charge in [0.25, 0.3) is 11.8 Å². The Bertz CT molecular complexity index is 1900. The summed E-state index contributed by atoms with van der Waals surface area (Å²) < 4.78 is 0. The number of hydrogen-bond donors (Lipinski definition) is 0. The highest BCUT2D eigenvalue weighted by Crippen LogP contribution is 2.44. The molecule has 0 fully saturated rings. The van der Waals surface area contributed by atoms with E-state index in [0.717, 1.165) is 60.4 Å². The topological polar surface area (TPSA) is 37.4 Å². The van der Waals surface area contributed by atoms with E-state index in [9.17, 15) is 9.59 Å². The van der Waals surface area contributed by atoms with Crippen molar-refractivity contribution in [3.05, 3.63) is 79.9 Å². The Balaban J connectivity index is 1.86. The maximum atomic E-state index is 13.4. The van der Waals surface area contributed by atoms with E-state index in [2.05, 4.69) is 79.7 Å². The lowest BCUT2D eigenvalue weighted by Crippen LogP contribution is -2.24. The molecule has 5 aromatic rings. The molecule has 44 heavy (non-hydrogen) atoms. The monoisotopic (exact) mass is 585 g/mol. The largest absolute Gasteiger partial charge is 0.277 e. The van der Waals surface area contributed by atoms with E-state index in [1.165, 1.54) is 59.5 Å². The van der Waals surface area contributed by atoms with E-state index in [1.54, 1.807) is 18.2 Å². The Morgan fingerprint density at radius 1 is 0.364 bits per heavy atom. The van der Waals surface area contributed by atoms with Crippen LogP contribution in [0.2, 0.25) is 0 Å². The molecule has 1 aliphatic rings. The van der Waals surface area contributed by atoms with Gasteiger partial charge < -0.3 is 0 Å². The molecule has 1 aliphatic heterocycles. The molecule has 228 valence electrons. The second kappa shape index (κ2) is 11.3. The molecule has 0 atom stereocenters. The van der Waals surface area contributed by atoms with Crippen molar-refractivity contribution in [1.82, 2.24) is 4.90 Å². The second-order valence-corrected chi connectivity index (χ2v) is 12.5. The summed E-state index contributed by atoms with van der Waals surface area (Å²) in [6, 6.07) is 9.80. The molecule has 0 saturated heterocycles. The van der Waals surface area contributed by atoms with Crippen molar-refractivity contribution in [2.75, 3.05) is 7.05 Å². The maximum absolute atomic E-state index is 13.4. The summed E-state index contributed by atoms with van der Waals surface area (Å²) in [5.74, 6) is -0.323. The number of benzene rings is 5. The molecule has 1 heterocycles. The first-order valence-corrected chi connectivity index (χ1v) is 17.1. The highest BCUT2D eigenvalue weighted by atomic mass is 16.2. The molecule has 0 bridgehead atoms. The second-order valence-electron chi connectivity index (χ2n) is 12.5. The van der Waals surface area contributed by atoms with E-state index in [-0.39, 0.29) is 11.8 Å². The molecular formula is C41H47NO2. The Kier molecular flexibility index (Phi) is 7.80. The standard InChI is InChI=1S/C41H47NO2/c1-10-22-23(11-2)25(13-4)31-19-33-27(15-6)35-21-37-29(17-8)39-38(40(43)42(9)41(39)44)28(16-7)36(37)20-34(35)26(14-5)32(33)18-30(31)24(22)12-3/h18-21H,10-17H2,1-9H3. The summed E-state index contributed by atoms with van der Waals surface area (Å²) >= 11 is 0. The number of aryl methyl sites for hydroxylation is 6. The predicted octanol–water partition coefficient (Wildman–Crippen LogP) is 10.0. The van der Waals surface area contributed by atoms with E-state index in [1.807, 2.05) is 0 Å². The van der Waals surface area contributed by atoms with Gasteiger partial charge in [-0.2, -0.15) is 0 Å². The van der Waals surface area contributed by atoms with Crippen LogP contribution >= 0.6 is 0 Å². The average Bonchev–Trinajstić information content (AvgIpc) is 3.26. The van der Waals surface area contributed by atoms with Crippen LogP contribution in [0.3, 0.4) is 0 Å². The highest BCUT2D eigenvalue weighted by Gasteiger charge is 2.38. The average molecular weight is 586 g/mol. The number of imide groups is 1. The number of hydrogen-bond acceptors (Lipinski definition) is 2. The zero-order valence-corrected chi connectivity index (χ0v) is 28.2. The van der Waals surface area contributed by atoms with Gasteiger partial charge >= 0.3 is 0 Å². The Hall–Kier alpha value is -3.72. The Labute approximate surface area is 262 Å². The SMILES string of the molecule is CCc1c(CC)c(CC)c2cc3c(CC)c4cc5c(CC)c6c(c(CC)c5cc4c(CC)c3cc2c1CC)C(=O)N(C)C6=O. The van der Waals surface area contributed by atoms with E-state index in [0.29, 0.717) is 24.0 Å². The number of fused-ring (bicyclic) bond motifs is 5. The molecule has 2 amide bonds. The predicted molar refractivity (Wildman–Crippen MR) is 188 cm³/mol. The number of carbonyl (C=O) groups excluding carboxylic acids is 2. The van der Waals surface area contributed by atoms with Crippen LogP contribution in [-0.2, 0) is 51.4 Å². The first kappa shape index (κ1) is 30.3. The summed E-state index contributed by atoms with van der Waals surface area (Å²) in [4.78, 5) is 28.1. The van der Waals surface area contributed by atoms with Crippen molar-refractivity contribution in [1.29, 1.82) is 0 Å². The van der Waals surface area contributed by atoms with Crippen LogP contribution in [0, 0.1) is 0 Å². The van der Waals surface area contributed by atoms with Gasteiger partial charge in [0.1, 0.15) is 0 Å². The summed E-state index contributed by atoms with van der Waals surface area (Å²) in [6.07, 6.45) is 7.48. The third-order valence-electron chi connectivity index (χ3n) is 10.7. The van der Waals surface area contributed by atoms with Crippen LogP contribution in [0.15, 0.2) is 24.3 Å². The molecule has 0 aliphatic carbocycles. The van der Waals surface area contributed by atoms with Crippen molar-refractivity contribution >= 4 is 54.9 Å². The molecule has 0 N–H and O–H groups in total. The quantitative estimate of drug-likeness (QED) is 0.134. The molecule has 3 heteroatoms. The van der Waals surface area contributed by atoms with Gasteiger partial charge in [0.15, 0.2) is 0 Å². The lowest BCUT2D eigenvalue weighted by molar-refractivity contribution is 0.0692. The fraction of sp³-hybridized carbons (Fsp3) is 0.415. The fourth-order valence-electron chi connectivity index (χ4n) is 8.80. The van der Waals surface area contributed by atoms with Gasteiger partial charge in [-0.3, -0.25) is 14.5 Å². The normalized spacial score (nSPS) is 13.4. The molecule has 3 nitrogen and oxygen atoms in total. The van der Waals surface area contributed by atoms with Gasteiger partial charge in [-0.25, -0.2) is 0 Å². The Morgan fingerprint density at radius 3 is 0.841 bits per heavy atom. The smallest absolute Gasteiger partial charge is 0.261 e. The van der Waals surface area contributed by atoms with E-state index >= 15 is 0 Å². The van der Waals surface area contributed by atoms with Crippen molar-refractivity contribution in [3.63, 3.8) is 0 Å².